The summed E-state index contributed by atoms with van der Waals surface area (Å²) in [5, 5.41) is 13.1. The van der Waals surface area contributed by atoms with E-state index in [0.717, 1.165) is 6.92 Å². The highest BCUT2D eigenvalue weighted by atomic mass is 35.5. The first-order valence-corrected chi connectivity index (χ1v) is 9.40. The molecule has 1 heterocycles. The van der Waals surface area contributed by atoms with Crippen molar-refractivity contribution in [2.24, 2.45) is 11.8 Å². The first kappa shape index (κ1) is 17.7. The lowest BCUT2D eigenvalue weighted by Gasteiger charge is -2.51. The molecule has 8 heteroatoms. The van der Waals surface area contributed by atoms with Gasteiger partial charge in [-0.2, -0.15) is 0 Å². The fourth-order valence-corrected chi connectivity index (χ4v) is 5.60. The summed E-state index contributed by atoms with van der Waals surface area (Å²) in [6.07, 6.45) is 0. The van der Waals surface area contributed by atoms with E-state index in [4.69, 9.17) is 28.0 Å². The molecule has 2 bridgehead atoms. The Balaban J connectivity index is 1.85. The molecule has 2 aromatic carbocycles. The van der Waals surface area contributed by atoms with Crippen LogP contribution in [0.5, 0.6) is 0 Å². The van der Waals surface area contributed by atoms with Gasteiger partial charge in [-0.25, -0.2) is 4.79 Å². The third-order valence-corrected chi connectivity index (χ3v) is 6.55. The number of carbonyl (C=O) groups is 3. The average Bonchev–Trinajstić information content (AvgIpc) is 2.89. The summed E-state index contributed by atoms with van der Waals surface area (Å²) in [7, 11) is 0. The van der Waals surface area contributed by atoms with Crippen molar-refractivity contribution in [3.8, 4) is 0 Å². The summed E-state index contributed by atoms with van der Waals surface area (Å²) in [6.45, 7) is 1.10. The second-order valence-corrected chi connectivity index (χ2v) is 8.02. The van der Waals surface area contributed by atoms with Gasteiger partial charge in [0.25, 0.3) is 11.8 Å². The van der Waals surface area contributed by atoms with Crippen molar-refractivity contribution in [1.29, 1.82) is 0 Å². The average molecular weight is 418 g/mol. The summed E-state index contributed by atoms with van der Waals surface area (Å²) in [5.41, 5.74) is 0.249. The zero-order valence-corrected chi connectivity index (χ0v) is 16.0. The molecule has 1 fully saturated rings. The molecule has 4 aliphatic rings. The fourth-order valence-electron chi connectivity index (χ4n) is 5.01. The monoisotopic (exact) mass is 417 g/mol. The quantitative estimate of drug-likeness (QED) is 0.721. The number of amides is 2. The maximum Gasteiger partial charge on any atom is 0.330 e. The van der Waals surface area contributed by atoms with Crippen LogP contribution in [0.1, 0.15) is 35.1 Å². The molecule has 28 heavy (non-hydrogen) atoms. The molecule has 0 aromatic heterocycles. The van der Waals surface area contributed by atoms with Gasteiger partial charge in [-0.15, -0.1) is 5.06 Å². The Morgan fingerprint density at radius 3 is 2.07 bits per heavy atom. The van der Waals surface area contributed by atoms with E-state index in [-0.39, 0.29) is 0 Å². The van der Waals surface area contributed by atoms with E-state index < -0.39 is 41.1 Å². The normalized spacial score (nSPS) is 29.4. The van der Waals surface area contributed by atoms with Crippen molar-refractivity contribution in [2.75, 3.05) is 0 Å². The number of hydroxylamine groups is 2. The molecule has 0 spiro atoms. The van der Waals surface area contributed by atoms with E-state index in [9.17, 15) is 19.5 Å². The van der Waals surface area contributed by atoms with Crippen LogP contribution >= 0.6 is 23.2 Å². The predicted molar refractivity (Wildman–Crippen MR) is 98.3 cm³/mol. The van der Waals surface area contributed by atoms with E-state index in [0.29, 0.717) is 37.4 Å². The highest BCUT2D eigenvalue weighted by Gasteiger charge is 2.69. The lowest BCUT2D eigenvalue weighted by Crippen LogP contribution is -2.53. The SMILES string of the molecule is CC(=O)ON1C(=O)[C@H]2C3c4c(Cl)cccc4C(O)(c4cccc(Cl)c43)[C@H]2C1=O. The van der Waals surface area contributed by atoms with Gasteiger partial charge >= 0.3 is 5.97 Å². The summed E-state index contributed by atoms with van der Waals surface area (Å²) >= 11 is 12.9. The largest absolute Gasteiger partial charge is 0.379 e. The van der Waals surface area contributed by atoms with Gasteiger partial charge < -0.3 is 9.94 Å². The molecule has 0 saturated carbocycles. The Hall–Kier alpha value is -2.41. The Kier molecular flexibility index (Phi) is 3.51. The van der Waals surface area contributed by atoms with Crippen LogP contribution in [0.2, 0.25) is 10.0 Å². The Bertz CT molecular complexity index is 1040. The number of halogens is 2. The molecule has 1 saturated heterocycles. The lowest BCUT2D eigenvalue weighted by atomic mass is 9.52. The van der Waals surface area contributed by atoms with Crippen LogP contribution < -0.4 is 0 Å². The highest BCUT2D eigenvalue weighted by Crippen LogP contribution is 2.65. The van der Waals surface area contributed by atoms with E-state index in [1.807, 2.05) is 0 Å². The van der Waals surface area contributed by atoms with Gasteiger partial charge in [0.15, 0.2) is 0 Å². The number of aliphatic hydroxyl groups is 1. The van der Waals surface area contributed by atoms with Crippen molar-refractivity contribution in [2.45, 2.75) is 18.4 Å². The van der Waals surface area contributed by atoms with E-state index >= 15 is 0 Å². The zero-order chi connectivity index (χ0) is 20.0. The zero-order valence-electron chi connectivity index (χ0n) is 14.5. The molecule has 6 rings (SSSR count). The van der Waals surface area contributed by atoms with Gasteiger partial charge in [0.1, 0.15) is 5.60 Å². The molecular weight excluding hydrogens is 405 g/mol. The van der Waals surface area contributed by atoms with Gasteiger partial charge in [-0.3, -0.25) is 9.59 Å². The molecule has 1 aliphatic heterocycles. The van der Waals surface area contributed by atoms with Crippen LogP contribution in [0.25, 0.3) is 0 Å². The van der Waals surface area contributed by atoms with Gasteiger partial charge in [0.2, 0.25) is 0 Å². The minimum absolute atomic E-state index is 0.371. The molecule has 0 radical (unpaired) electrons. The molecular formula is C20H13Cl2NO5. The van der Waals surface area contributed by atoms with Crippen LogP contribution in [0.15, 0.2) is 36.4 Å². The molecule has 2 amide bonds. The third-order valence-electron chi connectivity index (χ3n) is 5.89. The van der Waals surface area contributed by atoms with Crippen molar-refractivity contribution in [1.82, 2.24) is 5.06 Å². The van der Waals surface area contributed by atoms with Gasteiger partial charge in [0, 0.05) is 22.9 Å². The molecule has 142 valence electrons. The number of rotatable bonds is 1. The number of hydrogen-bond donors (Lipinski definition) is 1. The maximum absolute atomic E-state index is 13.1. The van der Waals surface area contributed by atoms with E-state index in [1.165, 1.54) is 0 Å². The second-order valence-electron chi connectivity index (χ2n) is 7.20. The summed E-state index contributed by atoms with van der Waals surface area (Å²) in [4.78, 5) is 42.5. The Morgan fingerprint density at radius 2 is 1.57 bits per heavy atom. The topological polar surface area (TPSA) is 83.9 Å². The first-order valence-electron chi connectivity index (χ1n) is 8.65. The van der Waals surface area contributed by atoms with Crippen LogP contribution in [0, 0.1) is 11.8 Å². The van der Waals surface area contributed by atoms with E-state index in [1.54, 1.807) is 36.4 Å². The molecule has 0 unspecified atom stereocenters. The number of benzene rings is 2. The predicted octanol–water partition coefficient (Wildman–Crippen LogP) is 2.77. The first-order chi connectivity index (χ1) is 13.3. The van der Waals surface area contributed by atoms with E-state index in [2.05, 4.69) is 0 Å². The van der Waals surface area contributed by atoms with Crippen molar-refractivity contribution in [3.05, 3.63) is 68.7 Å². The number of hydrogen-bond acceptors (Lipinski definition) is 5. The number of nitrogens with zero attached hydrogens (tertiary/aromatic N) is 1. The summed E-state index contributed by atoms with van der Waals surface area (Å²) in [6, 6.07) is 10.1. The van der Waals surface area contributed by atoms with Gasteiger partial charge in [0.05, 0.1) is 11.8 Å². The van der Waals surface area contributed by atoms with Crippen LogP contribution in [-0.4, -0.2) is 28.0 Å². The van der Waals surface area contributed by atoms with Crippen molar-refractivity contribution in [3.63, 3.8) is 0 Å². The van der Waals surface area contributed by atoms with Crippen molar-refractivity contribution >= 4 is 41.0 Å². The Morgan fingerprint density at radius 1 is 1.04 bits per heavy atom. The molecule has 3 aliphatic carbocycles. The molecule has 2 aromatic rings. The number of imide groups is 1. The summed E-state index contributed by atoms with van der Waals surface area (Å²) in [5.74, 6) is -4.99. The standard InChI is InChI=1S/C20H13Cl2NO5/c1-8(24)28-23-18(25)16-15-13-9(4-2-6-11(13)21)20(27,17(16)19(23)26)10-5-3-7-12(22)14(10)15/h2-7,15-17,27H,1H3/t15?,16-,17+,20?/m0/s1. The highest BCUT2D eigenvalue weighted by molar-refractivity contribution is 6.33. The molecule has 6 nitrogen and oxygen atoms in total. The molecule has 2 atom stereocenters. The van der Waals surface area contributed by atoms with Crippen LogP contribution in [-0.2, 0) is 24.8 Å². The lowest BCUT2D eigenvalue weighted by molar-refractivity contribution is -0.197. The van der Waals surface area contributed by atoms with Crippen LogP contribution in [0.4, 0.5) is 0 Å². The maximum atomic E-state index is 13.1. The van der Waals surface area contributed by atoms with Gasteiger partial charge in [-0.05, 0) is 34.4 Å². The van der Waals surface area contributed by atoms with Gasteiger partial charge in [-0.1, -0.05) is 47.5 Å². The molecule has 1 N–H and O–H groups in total. The number of carbonyl (C=O) groups excluding carboxylic acids is 3. The third kappa shape index (κ3) is 1.90. The van der Waals surface area contributed by atoms with Crippen LogP contribution in [0.3, 0.4) is 0 Å². The second kappa shape index (κ2) is 5.56. The fraction of sp³-hybridized carbons (Fsp3) is 0.250. The summed E-state index contributed by atoms with van der Waals surface area (Å²) < 4.78 is 0. The smallest absolute Gasteiger partial charge is 0.330 e. The van der Waals surface area contributed by atoms with Crippen molar-refractivity contribution < 1.29 is 24.3 Å². The minimum atomic E-state index is -1.82. The minimum Gasteiger partial charge on any atom is -0.379 e. The Labute approximate surface area is 169 Å².